The molecule has 5 heteroatoms. The van der Waals surface area contributed by atoms with Crippen molar-refractivity contribution in [2.75, 3.05) is 5.73 Å². The molecule has 0 atom stereocenters. The number of benzene rings is 1. The Labute approximate surface area is 118 Å². The molecule has 0 saturated carbocycles. The molecule has 0 unspecified atom stereocenters. The number of nitrogen functional groups attached to an aromatic ring is 1. The monoisotopic (exact) mass is 273 g/mol. The van der Waals surface area contributed by atoms with E-state index in [1.165, 1.54) is 20.1 Å². The van der Waals surface area contributed by atoms with Gasteiger partial charge in [-0.05, 0) is 37.6 Å². The highest BCUT2D eigenvalue weighted by atomic mass is 16.5. The summed E-state index contributed by atoms with van der Waals surface area (Å²) in [6, 6.07) is 9.52. The van der Waals surface area contributed by atoms with Gasteiger partial charge in [-0.15, -0.1) is 0 Å². The second kappa shape index (κ2) is 7.78. The average Bonchev–Trinajstić information content (AvgIpc) is 2.77. The van der Waals surface area contributed by atoms with E-state index in [4.69, 9.17) is 10.5 Å². The van der Waals surface area contributed by atoms with Crippen LogP contribution in [-0.2, 0) is 11.3 Å². The number of hydrogen-bond donors (Lipinski definition) is 1. The fourth-order valence-electron chi connectivity index (χ4n) is 1.42. The molecule has 0 fully saturated rings. The zero-order valence-corrected chi connectivity index (χ0v) is 11.7. The lowest BCUT2D eigenvalue weighted by atomic mass is 10.2. The molecule has 0 radical (unpaired) electrons. The lowest BCUT2D eigenvalue weighted by molar-refractivity contribution is -0.114. The molecule has 1 heterocycles. The van der Waals surface area contributed by atoms with E-state index < -0.39 is 0 Å². The van der Waals surface area contributed by atoms with Crippen molar-refractivity contribution in [2.24, 2.45) is 0 Å². The van der Waals surface area contributed by atoms with Crippen LogP contribution in [0.2, 0.25) is 0 Å². The maximum atomic E-state index is 9.44. The van der Waals surface area contributed by atoms with Gasteiger partial charge in [0.2, 0.25) is 0 Å². The number of aromatic nitrogens is 2. The smallest absolute Gasteiger partial charge is 0.145 e. The van der Waals surface area contributed by atoms with Crippen LogP contribution < -0.4 is 10.5 Å². The van der Waals surface area contributed by atoms with E-state index >= 15 is 0 Å². The fourth-order valence-corrected chi connectivity index (χ4v) is 1.42. The molecular formula is C15H19N3O2. The first kappa shape index (κ1) is 15.5. The SMILES string of the molecule is C=COc1ccc(Cn2ccc(N)n2)cc1.CC(C)=O. The highest BCUT2D eigenvalue weighted by Crippen LogP contribution is 2.13. The fraction of sp³-hybridized carbons (Fsp3) is 0.200. The van der Waals surface area contributed by atoms with Crippen molar-refractivity contribution in [3.05, 3.63) is 54.9 Å². The maximum absolute atomic E-state index is 9.44. The van der Waals surface area contributed by atoms with Crippen molar-refractivity contribution in [3.8, 4) is 5.75 Å². The van der Waals surface area contributed by atoms with Gasteiger partial charge in [0.1, 0.15) is 17.4 Å². The Balaban J connectivity index is 0.000000444. The molecule has 1 aromatic carbocycles. The standard InChI is InChI=1S/C12H13N3O.C3H6O/c1-2-16-11-5-3-10(4-6-11)9-15-8-7-12(13)14-15;1-3(2)4/h2-8H,1,9H2,(H2,13,14);1-2H3. The van der Waals surface area contributed by atoms with Crippen molar-refractivity contribution in [1.82, 2.24) is 9.78 Å². The molecule has 0 spiro atoms. The van der Waals surface area contributed by atoms with Gasteiger partial charge in [-0.1, -0.05) is 18.7 Å². The van der Waals surface area contributed by atoms with Crippen LogP contribution in [0.5, 0.6) is 5.75 Å². The Morgan fingerprint density at radius 2 is 1.95 bits per heavy atom. The van der Waals surface area contributed by atoms with E-state index in [2.05, 4.69) is 11.7 Å². The van der Waals surface area contributed by atoms with E-state index in [0.717, 1.165) is 11.3 Å². The van der Waals surface area contributed by atoms with Crippen LogP contribution in [0, 0.1) is 0 Å². The van der Waals surface area contributed by atoms with Gasteiger partial charge in [-0.25, -0.2) is 0 Å². The van der Waals surface area contributed by atoms with E-state index in [-0.39, 0.29) is 5.78 Å². The van der Waals surface area contributed by atoms with Crippen molar-refractivity contribution in [2.45, 2.75) is 20.4 Å². The van der Waals surface area contributed by atoms with E-state index in [9.17, 15) is 4.79 Å². The number of Topliss-reactive ketones (excluding diaryl/α,β-unsaturated/α-hetero) is 1. The minimum atomic E-state index is 0.167. The van der Waals surface area contributed by atoms with Crippen molar-refractivity contribution in [1.29, 1.82) is 0 Å². The number of nitrogens with two attached hydrogens (primary N) is 1. The minimum absolute atomic E-state index is 0.167. The van der Waals surface area contributed by atoms with Crippen molar-refractivity contribution < 1.29 is 9.53 Å². The molecule has 0 bridgehead atoms. The van der Waals surface area contributed by atoms with Gasteiger partial charge in [0.15, 0.2) is 0 Å². The Morgan fingerprint density at radius 3 is 2.40 bits per heavy atom. The summed E-state index contributed by atoms with van der Waals surface area (Å²) in [6.45, 7) is 7.25. The van der Waals surface area contributed by atoms with Crippen LogP contribution >= 0.6 is 0 Å². The van der Waals surface area contributed by atoms with Gasteiger partial charge in [0.05, 0.1) is 12.8 Å². The number of ether oxygens (including phenoxy) is 1. The predicted molar refractivity (Wildman–Crippen MR) is 79.4 cm³/mol. The van der Waals surface area contributed by atoms with E-state index in [1.807, 2.05) is 30.5 Å². The lowest BCUT2D eigenvalue weighted by Crippen LogP contribution is -2.00. The highest BCUT2D eigenvalue weighted by Gasteiger charge is 1.97. The van der Waals surface area contributed by atoms with Crippen LogP contribution in [0.15, 0.2) is 49.4 Å². The first-order valence-corrected chi connectivity index (χ1v) is 6.14. The third-order valence-electron chi connectivity index (χ3n) is 2.15. The van der Waals surface area contributed by atoms with Gasteiger partial charge in [0, 0.05) is 6.20 Å². The molecule has 0 saturated heterocycles. The molecule has 20 heavy (non-hydrogen) atoms. The Bertz CT molecular complexity index is 555. The van der Waals surface area contributed by atoms with Crippen LogP contribution in [0.3, 0.4) is 0 Å². The van der Waals surface area contributed by atoms with Crippen molar-refractivity contribution >= 4 is 11.6 Å². The molecule has 0 amide bonds. The second-order valence-corrected chi connectivity index (χ2v) is 4.27. The van der Waals surface area contributed by atoms with E-state index in [0.29, 0.717) is 12.4 Å². The van der Waals surface area contributed by atoms with Crippen LogP contribution in [0.1, 0.15) is 19.4 Å². The molecule has 0 aliphatic heterocycles. The molecular weight excluding hydrogens is 254 g/mol. The number of hydrogen-bond acceptors (Lipinski definition) is 4. The summed E-state index contributed by atoms with van der Waals surface area (Å²) in [5.74, 6) is 1.48. The number of carbonyl (C=O) groups excluding carboxylic acids is 1. The normalized spacial score (nSPS) is 9.30. The molecule has 1 aromatic heterocycles. The largest absolute Gasteiger partial charge is 0.466 e. The Hall–Kier alpha value is -2.56. The summed E-state index contributed by atoms with van der Waals surface area (Å²) in [6.07, 6.45) is 3.26. The quantitative estimate of drug-likeness (QED) is 0.869. The maximum Gasteiger partial charge on any atom is 0.145 e. The number of ketones is 1. The zero-order valence-electron chi connectivity index (χ0n) is 11.7. The number of carbonyl (C=O) groups is 1. The topological polar surface area (TPSA) is 70.1 Å². The lowest BCUT2D eigenvalue weighted by Gasteiger charge is -2.03. The molecule has 106 valence electrons. The number of nitrogens with zero attached hydrogens (tertiary/aromatic N) is 2. The van der Waals surface area contributed by atoms with Crippen LogP contribution in [0.4, 0.5) is 5.82 Å². The molecule has 5 nitrogen and oxygen atoms in total. The summed E-state index contributed by atoms with van der Waals surface area (Å²) >= 11 is 0. The first-order chi connectivity index (χ1) is 9.51. The summed E-state index contributed by atoms with van der Waals surface area (Å²) in [5.41, 5.74) is 6.67. The summed E-state index contributed by atoms with van der Waals surface area (Å²) in [4.78, 5) is 9.44. The van der Waals surface area contributed by atoms with Gasteiger partial charge in [0.25, 0.3) is 0 Å². The average molecular weight is 273 g/mol. The number of anilines is 1. The van der Waals surface area contributed by atoms with Crippen molar-refractivity contribution in [3.63, 3.8) is 0 Å². The zero-order chi connectivity index (χ0) is 15.0. The predicted octanol–water partition coefficient (Wildman–Crippen LogP) is 2.63. The molecule has 2 N–H and O–H groups in total. The van der Waals surface area contributed by atoms with Crippen LogP contribution in [0.25, 0.3) is 0 Å². The summed E-state index contributed by atoms with van der Waals surface area (Å²) in [5, 5.41) is 4.11. The Morgan fingerprint density at radius 1 is 1.35 bits per heavy atom. The molecule has 0 aliphatic rings. The van der Waals surface area contributed by atoms with Gasteiger partial charge >= 0.3 is 0 Å². The number of rotatable bonds is 4. The van der Waals surface area contributed by atoms with Gasteiger partial charge in [-0.2, -0.15) is 5.10 Å². The van der Waals surface area contributed by atoms with E-state index in [1.54, 1.807) is 10.7 Å². The van der Waals surface area contributed by atoms with Gasteiger partial charge < -0.3 is 15.3 Å². The third-order valence-corrected chi connectivity index (χ3v) is 2.15. The van der Waals surface area contributed by atoms with Gasteiger partial charge in [-0.3, -0.25) is 4.68 Å². The molecule has 2 rings (SSSR count). The highest BCUT2D eigenvalue weighted by molar-refractivity contribution is 5.72. The Kier molecular flexibility index (Phi) is 6.03. The summed E-state index contributed by atoms with van der Waals surface area (Å²) < 4.78 is 6.93. The minimum Gasteiger partial charge on any atom is -0.466 e. The molecule has 2 aromatic rings. The van der Waals surface area contributed by atoms with Crippen LogP contribution in [-0.4, -0.2) is 15.6 Å². The summed E-state index contributed by atoms with van der Waals surface area (Å²) in [7, 11) is 0. The first-order valence-electron chi connectivity index (χ1n) is 6.14. The molecule has 0 aliphatic carbocycles. The second-order valence-electron chi connectivity index (χ2n) is 4.27. The third kappa shape index (κ3) is 5.86.